The number of hydrogen-bond acceptors (Lipinski definition) is 3. The molecule has 2 rings (SSSR count). The van der Waals surface area contributed by atoms with E-state index in [-0.39, 0.29) is 0 Å². The second-order valence-corrected chi connectivity index (χ2v) is 4.50. The van der Waals surface area contributed by atoms with Gasteiger partial charge in [0.1, 0.15) is 5.75 Å². The van der Waals surface area contributed by atoms with E-state index in [2.05, 4.69) is 24.1 Å². The van der Waals surface area contributed by atoms with Crippen molar-refractivity contribution in [2.24, 2.45) is 5.84 Å². The van der Waals surface area contributed by atoms with Crippen molar-refractivity contribution in [3.63, 3.8) is 0 Å². The average molecular weight is 232 g/mol. The van der Waals surface area contributed by atoms with E-state index in [1.54, 1.807) is 0 Å². The summed E-state index contributed by atoms with van der Waals surface area (Å²) in [6.45, 7) is 4.56. The van der Waals surface area contributed by atoms with Crippen LogP contribution in [0.15, 0.2) is 36.9 Å². The summed E-state index contributed by atoms with van der Waals surface area (Å²) < 4.78 is 5.66. The van der Waals surface area contributed by atoms with Gasteiger partial charge in [-0.2, -0.15) is 0 Å². The zero-order chi connectivity index (χ0) is 12.1. The molecule has 0 aromatic heterocycles. The Bertz CT molecular complexity index is 378. The van der Waals surface area contributed by atoms with E-state index < -0.39 is 0 Å². The molecular formula is C14H20N2O. The van der Waals surface area contributed by atoms with E-state index in [1.165, 1.54) is 5.56 Å². The topological polar surface area (TPSA) is 47.3 Å². The van der Waals surface area contributed by atoms with Crippen LogP contribution in [0.2, 0.25) is 0 Å². The lowest BCUT2D eigenvalue weighted by Gasteiger charge is -2.28. The summed E-state index contributed by atoms with van der Waals surface area (Å²) in [5.74, 6) is 7.12. The molecule has 0 amide bonds. The molecule has 2 atom stereocenters. The number of fused-ring (bicyclic) bond motifs is 1. The van der Waals surface area contributed by atoms with E-state index >= 15 is 0 Å². The molecular weight excluding hydrogens is 212 g/mol. The van der Waals surface area contributed by atoms with Gasteiger partial charge < -0.3 is 4.74 Å². The molecule has 0 radical (unpaired) electrons. The molecule has 0 spiro atoms. The Hall–Kier alpha value is -1.32. The highest BCUT2D eigenvalue weighted by atomic mass is 16.5. The molecule has 0 saturated carbocycles. The molecule has 1 aliphatic rings. The summed E-state index contributed by atoms with van der Waals surface area (Å²) in [6.07, 6.45) is 4.90. The number of hydrazine groups is 1. The fraction of sp³-hybridized carbons (Fsp3) is 0.429. The molecule has 0 bridgehead atoms. The van der Waals surface area contributed by atoms with Gasteiger partial charge in [-0.3, -0.25) is 11.3 Å². The van der Waals surface area contributed by atoms with E-state index in [9.17, 15) is 0 Å². The maximum absolute atomic E-state index is 5.66. The van der Waals surface area contributed by atoms with Gasteiger partial charge in [0.05, 0.1) is 6.61 Å². The lowest BCUT2D eigenvalue weighted by molar-refractivity contribution is 0.255. The summed E-state index contributed by atoms with van der Waals surface area (Å²) >= 11 is 0. The molecule has 0 fully saturated rings. The van der Waals surface area contributed by atoms with Crippen molar-refractivity contribution in [2.75, 3.05) is 6.61 Å². The Morgan fingerprint density at radius 1 is 1.53 bits per heavy atom. The molecule has 2 unspecified atom stereocenters. The van der Waals surface area contributed by atoms with Crippen molar-refractivity contribution in [1.29, 1.82) is 0 Å². The number of hydrogen-bond donors (Lipinski definition) is 2. The van der Waals surface area contributed by atoms with Crippen LogP contribution < -0.4 is 16.0 Å². The summed E-state index contributed by atoms with van der Waals surface area (Å²) in [5, 5.41) is 0. The molecule has 1 aliphatic heterocycles. The van der Waals surface area contributed by atoms with Crippen LogP contribution in [0.3, 0.4) is 0 Å². The quantitative estimate of drug-likeness (QED) is 0.465. The van der Waals surface area contributed by atoms with Gasteiger partial charge in [0.25, 0.3) is 0 Å². The smallest absolute Gasteiger partial charge is 0.122 e. The second kappa shape index (κ2) is 5.84. The standard InChI is InChI=1S/C14H20N2O/c1-2-5-12(16-15)10-11-8-9-17-14-7-4-3-6-13(11)14/h2-4,6-7,11-12,16H,1,5,8-10,15H2. The van der Waals surface area contributed by atoms with Gasteiger partial charge in [0, 0.05) is 6.04 Å². The maximum Gasteiger partial charge on any atom is 0.122 e. The van der Waals surface area contributed by atoms with E-state index in [0.717, 1.165) is 31.6 Å². The zero-order valence-electron chi connectivity index (χ0n) is 10.1. The van der Waals surface area contributed by atoms with Gasteiger partial charge in [-0.15, -0.1) is 6.58 Å². The van der Waals surface area contributed by atoms with E-state index in [1.807, 2.05) is 18.2 Å². The lowest BCUT2D eigenvalue weighted by atomic mass is 9.87. The zero-order valence-corrected chi connectivity index (χ0v) is 10.1. The lowest BCUT2D eigenvalue weighted by Crippen LogP contribution is -2.36. The van der Waals surface area contributed by atoms with Crippen molar-refractivity contribution >= 4 is 0 Å². The van der Waals surface area contributed by atoms with Gasteiger partial charge in [0.15, 0.2) is 0 Å². The van der Waals surface area contributed by atoms with E-state index in [4.69, 9.17) is 10.6 Å². The Kier molecular flexibility index (Phi) is 4.18. The normalized spacial score (nSPS) is 20.2. The van der Waals surface area contributed by atoms with Crippen LogP contribution in [0.5, 0.6) is 5.75 Å². The number of para-hydroxylation sites is 1. The van der Waals surface area contributed by atoms with E-state index in [0.29, 0.717) is 12.0 Å². The van der Waals surface area contributed by atoms with Gasteiger partial charge in [-0.05, 0) is 36.8 Å². The fourth-order valence-electron chi connectivity index (χ4n) is 2.44. The maximum atomic E-state index is 5.66. The number of nitrogens with two attached hydrogens (primary N) is 1. The van der Waals surface area contributed by atoms with Crippen LogP contribution in [0.4, 0.5) is 0 Å². The summed E-state index contributed by atoms with van der Waals surface area (Å²) in [4.78, 5) is 0. The van der Waals surface area contributed by atoms with Gasteiger partial charge in [-0.1, -0.05) is 24.3 Å². The fourth-order valence-corrected chi connectivity index (χ4v) is 2.44. The van der Waals surface area contributed by atoms with Gasteiger partial charge >= 0.3 is 0 Å². The predicted molar refractivity (Wildman–Crippen MR) is 69.8 cm³/mol. The van der Waals surface area contributed by atoms with Crippen molar-refractivity contribution < 1.29 is 4.74 Å². The predicted octanol–water partition coefficient (Wildman–Crippen LogP) is 2.35. The molecule has 92 valence electrons. The summed E-state index contributed by atoms with van der Waals surface area (Å²) in [6, 6.07) is 8.58. The van der Waals surface area contributed by atoms with Crippen molar-refractivity contribution in [1.82, 2.24) is 5.43 Å². The van der Waals surface area contributed by atoms with Crippen LogP contribution >= 0.6 is 0 Å². The number of benzene rings is 1. The first kappa shape index (κ1) is 12.1. The minimum atomic E-state index is 0.295. The Labute approximate surface area is 103 Å². The highest BCUT2D eigenvalue weighted by Gasteiger charge is 2.23. The monoisotopic (exact) mass is 232 g/mol. The van der Waals surface area contributed by atoms with Crippen molar-refractivity contribution in [3.8, 4) is 5.75 Å². The van der Waals surface area contributed by atoms with Gasteiger partial charge in [-0.25, -0.2) is 0 Å². The Morgan fingerprint density at radius 2 is 2.35 bits per heavy atom. The van der Waals surface area contributed by atoms with Crippen molar-refractivity contribution in [3.05, 3.63) is 42.5 Å². The third kappa shape index (κ3) is 2.87. The molecule has 1 heterocycles. The van der Waals surface area contributed by atoms with Crippen LogP contribution in [-0.2, 0) is 0 Å². The van der Waals surface area contributed by atoms with Crippen LogP contribution in [0.1, 0.15) is 30.7 Å². The molecule has 1 aromatic rings. The average Bonchev–Trinajstić information content (AvgIpc) is 2.38. The SMILES string of the molecule is C=CCC(CC1CCOc2ccccc21)NN. The Balaban J connectivity index is 2.09. The number of nitrogens with one attached hydrogen (secondary N) is 1. The van der Waals surface area contributed by atoms with Crippen LogP contribution in [0.25, 0.3) is 0 Å². The number of ether oxygens (including phenoxy) is 1. The van der Waals surface area contributed by atoms with Crippen LogP contribution in [0, 0.1) is 0 Å². The van der Waals surface area contributed by atoms with Gasteiger partial charge in [0.2, 0.25) is 0 Å². The minimum absolute atomic E-state index is 0.295. The molecule has 1 aromatic carbocycles. The molecule has 3 N–H and O–H groups in total. The molecule has 0 saturated heterocycles. The largest absolute Gasteiger partial charge is 0.493 e. The minimum Gasteiger partial charge on any atom is -0.493 e. The molecule has 0 aliphatic carbocycles. The molecule has 3 nitrogen and oxygen atoms in total. The highest BCUT2D eigenvalue weighted by Crippen LogP contribution is 2.36. The summed E-state index contributed by atoms with van der Waals surface area (Å²) in [5.41, 5.74) is 4.18. The first-order chi connectivity index (χ1) is 8.35. The van der Waals surface area contributed by atoms with Crippen molar-refractivity contribution in [2.45, 2.75) is 31.2 Å². The third-order valence-electron chi connectivity index (χ3n) is 3.34. The first-order valence-electron chi connectivity index (χ1n) is 6.14. The third-order valence-corrected chi connectivity index (χ3v) is 3.34. The number of rotatable bonds is 5. The molecule has 3 heteroatoms. The summed E-state index contributed by atoms with van der Waals surface area (Å²) in [7, 11) is 0. The highest BCUT2D eigenvalue weighted by molar-refractivity contribution is 5.37. The Morgan fingerprint density at radius 3 is 3.12 bits per heavy atom. The van der Waals surface area contributed by atoms with Crippen LogP contribution in [-0.4, -0.2) is 12.6 Å². The molecule has 17 heavy (non-hydrogen) atoms. The first-order valence-corrected chi connectivity index (χ1v) is 6.14. The second-order valence-electron chi connectivity index (χ2n) is 4.50.